The van der Waals surface area contributed by atoms with Gasteiger partial charge in [-0.1, -0.05) is 60.7 Å². The number of carbonyl (C=O) groups is 2. The summed E-state index contributed by atoms with van der Waals surface area (Å²) < 4.78 is 4.95. The lowest BCUT2D eigenvalue weighted by Gasteiger charge is -2.48. The largest absolute Gasteiger partial charge is 0.481 e. The summed E-state index contributed by atoms with van der Waals surface area (Å²) in [6.07, 6.45) is 0. The quantitative estimate of drug-likeness (QED) is 0.882. The van der Waals surface area contributed by atoms with Gasteiger partial charge in [0.15, 0.2) is 0 Å². The third-order valence-corrected chi connectivity index (χ3v) is 4.68. The standard InChI is InChI=1S/C19H18O4/c1-23-19(22)17-14(12-8-4-2-5-9-12)16(18(20)21)15(17)13-10-6-3-7-11-13/h2-11,14-17H,1H3,(H,20,21)/t14-,15+,16?,17?. The molecular formula is C19H18O4. The number of carboxylic acid groups (broad SMARTS) is 1. The Morgan fingerprint density at radius 3 is 1.61 bits per heavy atom. The van der Waals surface area contributed by atoms with Gasteiger partial charge in [-0.3, -0.25) is 9.59 Å². The monoisotopic (exact) mass is 310 g/mol. The lowest BCUT2D eigenvalue weighted by atomic mass is 9.52. The van der Waals surface area contributed by atoms with Gasteiger partial charge in [0.25, 0.3) is 0 Å². The number of carbonyl (C=O) groups excluding carboxylic acids is 1. The van der Waals surface area contributed by atoms with Gasteiger partial charge in [0.05, 0.1) is 18.9 Å². The molecule has 0 aliphatic heterocycles. The van der Waals surface area contributed by atoms with E-state index >= 15 is 0 Å². The molecule has 118 valence electrons. The molecule has 1 aliphatic rings. The van der Waals surface area contributed by atoms with E-state index in [-0.39, 0.29) is 17.8 Å². The number of hydrogen-bond acceptors (Lipinski definition) is 3. The summed E-state index contributed by atoms with van der Waals surface area (Å²) in [4.78, 5) is 24.2. The third kappa shape index (κ3) is 2.61. The minimum atomic E-state index is -0.882. The molecule has 0 bridgehead atoms. The average Bonchev–Trinajstić information content (AvgIpc) is 2.55. The fourth-order valence-corrected chi connectivity index (χ4v) is 3.66. The number of benzene rings is 2. The first kappa shape index (κ1) is 15.3. The van der Waals surface area contributed by atoms with Crippen molar-refractivity contribution in [1.29, 1.82) is 0 Å². The molecule has 0 saturated heterocycles. The molecule has 0 radical (unpaired) electrons. The predicted molar refractivity (Wildman–Crippen MR) is 85.0 cm³/mol. The lowest BCUT2D eigenvalue weighted by molar-refractivity contribution is -0.162. The summed E-state index contributed by atoms with van der Waals surface area (Å²) in [7, 11) is 1.35. The molecule has 2 aromatic carbocycles. The Bertz CT molecular complexity index is 648. The van der Waals surface area contributed by atoms with E-state index in [1.165, 1.54) is 7.11 Å². The summed E-state index contributed by atoms with van der Waals surface area (Å²) in [5.41, 5.74) is 1.73. The van der Waals surface area contributed by atoms with Gasteiger partial charge in [-0.2, -0.15) is 0 Å². The van der Waals surface area contributed by atoms with Crippen molar-refractivity contribution < 1.29 is 19.4 Å². The normalized spacial score (nSPS) is 26.1. The van der Waals surface area contributed by atoms with Crippen LogP contribution in [0.4, 0.5) is 0 Å². The van der Waals surface area contributed by atoms with E-state index in [0.29, 0.717) is 0 Å². The topological polar surface area (TPSA) is 63.6 Å². The molecule has 2 unspecified atom stereocenters. The number of aliphatic carboxylic acids is 1. The molecule has 0 amide bonds. The van der Waals surface area contributed by atoms with Crippen LogP contribution in [-0.2, 0) is 14.3 Å². The van der Waals surface area contributed by atoms with Crippen molar-refractivity contribution in [3.05, 3.63) is 71.8 Å². The second-order valence-electron chi connectivity index (χ2n) is 5.79. The van der Waals surface area contributed by atoms with Crippen LogP contribution in [0.5, 0.6) is 0 Å². The van der Waals surface area contributed by atoms with Crippen LogP contribution in [0.2, 0.25) is 0 Å². The number of esters is 1. The molecular weight excluding hydrogens is 292 g/mol. The van der Waals surface area contributed by atoms with Crippen molar-refractivity contribution in [2.45, 2.75) is 11.8 Å². The molecule has 1 N–H and O–H groups in total. The first-order valence-electron chi connectivity index (χ1n) is 7.55. The predicted octanol–water partition coefficient (Wildman–Crippen LogP) is 3.06. The maximum absolute atomic E-state index is 12.3. The van der Waals surface area contributed by atoms with Crippen LogP contribution < -0.4 is 0 Å². The molecule has 3 rings (SSSR count). The molecule has 0 heterocycles. The number of carboxylic acids is 1. The van der Waals surface area contributed by atoms with Crippen LogP contribution in [0.15, 0.2) is 60.7 Å². The molecule has 23 heavy (non-hydrogen) atoms. The number of hydrogen-bond donors (Lipinski definition) is 1. The van der Waals surface area contributed by atoms with Crippen molar-refractivity contribution in [3.8, 4) is 0 Å². The minimum absolute atomic E-state index is 0.356. The molecule has 2 aromatic rings. The smallest absolute Gasteiger partial charge is 0.309 e. The van der Waals surface area contributed by atoms with Crippen molar-refractivity contribution in [2.24, 2.45) is 11.8 Å². The second-order valence-corrected chi connectivity index (χ2v) is 5.79. The highest BCUT2D eigenvalue weighted by Gasteiger charge is 2.58. The average molecular weight is 310 g/mol. The van der Waals surface area contributed by atoms with Gasteiger partial charge < -0.3 is 9.84 Å². The molecule has 1 aliphatic carbocycles. The molecule has 4 heteroatoms. The number of methoxy groups -OCH3 is 1. The van der Waals surface area contributed by atoms with E-state index in [2.05, 4.69) is 0 Å². The van der Waals surface area contributed by atoms with Crippen molar-refractivity contribution in [2.75, 3.05) is 7.11 Å². The van der Waals surface area contributed by atoms with Crippen LogP contribution in [-0.4, -0.2) is 24.2 Å². The highest BCUT2D eigenvalue weighted by Crippen LogP contribution is 2.57. The zero-order chi connectivity index (χ0) is 16.4. The van der Waals surface area contributed by atoms with E-state index in [9.17, 15) is 14.7 Å². The number of rotatable bonds is 4. The molecule has 4 atom stereocenters. The molecule has 4 nitrogen and oxygen atoms in total. The van der Waals surface area contributed by atoms with Crippen LogP contribution >= 0.6 is 0 Å². The first-order valence-corrected chi connectivity index (χ1v) is 7.55. The van der Waals surface area contributed by atoms with Gasteiger partial charge in [0.2, 0.25) is 0 Å². The van der Waals surface area contributed by atoms with Gasteiger partial charge in [0.1, 0.15) is 0 Å². The third-order valence-electron chi connectivity index (χ3n) is 4.68. The summed E-state index contributed by atoms with van der Waals surface area (Å²) in [5.74, 6) is -3.09. The van der Waals surface area contributed by atoms with Gasteiger partial charge in [-0.25, -0.2) is 0 Å². The molecule has 0 spiro atoms. The minimum Gasteiger partial charge on any atom is -0.481 e. The summed E-state index contributed by atoms with van der Waals surface area (Å²) in [5, 5.41) is 9.72. The Labute approximate surface area is 134 Å². The Morgan fingerprint density at radius 2 is 1.26 bits per heavy atom. The lowest BCUT2D eigenvalue weighted by Crippen LogP contribution is -2.51. The van der Waals surface area contributed by atoms with Crippen molar-refractivity contribution >= 4 is 11.9 Å². The van der Waals surface area contributed by atoms with E-state index in [1.807, 2.05) is 60.7 Å². The Morgan fingerprint density at radius 1 is 0.826 bits per heavy atom. The van der Waals surface area contributed by atoms with Crippen LogP contribution in [0.3, 0.4) is 0 Å². The fraction of sp³-hybridized carbons (Fsp3) is 0.263. The second kappa shape index (κ2) is 6.24. The van der Waals surface area contributed by atoms with Gasteiger partial charge in [-0.05, 0) is 11.1 Å². The number of ether oxygens (including phenoxy) is 1. The van der Waals surface area contributed by atoms with Crippen molar-refractivity contribution in [3.63, 3.8) is 0 Å². The van der Waals surface area contributed by atoms with Crippen LogP contribution in [0.1, 0.15) is 23.0 Å². The van der Waals surface area contributed by atoms with E-state index in [0.717, 1.165) is 11.1 Å². The van der Waals surface area contributed by atoms with Gasteiger partial charge >= 0.3 is 11.9 Å². The van der Waals surface area contributed by atoms with Crippen molar-refractivity contribution in [1.82, 2.24) is 0 Å². The summed E-state index contributed by atoms with van der Waals surface area (Å²) >= 11 is 0. The zero-order valence-electron chi connectivity index (χ0n) is 12.8. The molecule has 1 saturated carbocycles. The van der Waals surface area contributed by atoms with Gasteiger partial charge in [0, 0.05) is 11.8 Å². The maximum Gasteiger partial charge on any atom is 0.309 e. The highest BCUT2D eigenvalue weighted by atomic mass is 16.5. The Kier molecular flexibility index (Phi) is 4.15. The van der Waals surface area contributed by atoms with E-state index in [4.69, 9.17) is 4.74 Å². The fourth-order valence-electron chi connectivity index (χ4n) is 3.66. The Balaban J connectivity index is 2.05. The Hall–Kier alpha value is -2.62. The van der Waals surface area contributed by atoms with Crippen LogP contribution in [0.25, 0.3) is 0 Å². The first-order chi connectivity index (χ1) is 11.1. The SMILES string of the molecule is COC(=O)C1[C@H](c2ccccc2)C(C(=O)O)[C@@H]1c1ccccc1. The van der Waals surface area contributed by atoms with E-state index < -0.39 is 17.8 Å². The zero-order valence-corrected chi connectivity index (χ0v) is 12.8. The molecule has 0 aromatic heterocycles. The molecule has 1 fully saturated rings. The summed E-state index contributed by atoms with van der Waals surface area (Å²) in [6, 6.07) is 18.7. The highest BCUT2D eigenvalue weighted by molar-refractivity contribution is 5.84. The maximum atomic E-state index is 12.3. The van der Waals surface area contributed by atoms with Crippen LogP contribution in [0, 0.1) is 11.8 Å². The summed E-state index contributed by atoms with van der Waals surface area (Å²) in [6.45, 7) is 0. The van der Waals surface area contributed by atoms with Gasteiger partial charge in [-0.15, -0.1) is 0 Å². The van der Waals surface area contributed by atoms with E-state index in [1.54, 1.807) is 0 Å².